The molecule has 42 heavy (non-hydrogen) atoms. The van der Waals surface area contributed by atoms with E-state index in [1.165, 1.54) is 0 Å². The Bertz CT molecular complexity index is 1210. The van der Waals surface area contributed by atoms with Crippen LogP contribution in [0.1, 0.15) is 75.0 Å². The lowest BCUT2D eigenvalue weighted by Crippen LogP contribution is -2.50. The second kappa shape index (κ2) is 17.2. The summed E-state index contributed by atoms with van der Waals surface area (Å²) in [7, 11) is 0. The van der Waals surface area contributed by atoms with Crippen molar-refractivity contribution < 1.29 is 9.59 Å². The van der Waals surface area contributed by atoms with E-state index < -0.39 is 0 Å². The van der Waals surface area contributed by atoms with E-state index in [4.69, 9.17) is 5.73 Å². The van der Waals surface area contributed by atoms with Crippen LogP contribution in [0, 0.1) is 5.92 Å². The molecule has 2 aliphatic heterocycles. The molecule has 0 saturated carbocycles. The van der Waals surface area contributed by atoms with Crippen molar-refractivity contribution in [2.24, 2.45) is 5.92 Å². The summed E-state index contributed by atoms with van der Waals surface area (Å²) in [5, 5.41) is 0. The molecule has 3 aromatic rings. The highest BCUT2D eigenvalue weighted by Crippen LogP contribution is 2.26. The zero-order valence-corrected chi connectivity index (χ0v) is 25.8. The maximum absolute atomic E-state index is 13.5. The highest BCUT2D eigenvalue weighted by atomic mass is 16.2. The fourth-order valence-electron chi connectivity index (χ4n) is 5.62. The Labute approximate surface area is 251 Å². The van der Waals surface area contributed by atoms with Gasteiger partial charge >= 0.3 is 0 Å². The quantitative estimate of drug-likeness (QED) is 0.393. The van der Waals surface area contributed by atoms with Crippen molar-refractivity contribution in [3.05, 3.63) is 89.9 Å². The number of amides is 2. The van der Waals surface area contributed by atoms with Crippen molar-refractivity contribution in [1.82, 2.24) is 24.7 Å². The van der Waals surface area contributed by atoms with Crippen molar-refractivity contribution >= 4 is 17.6 Å². The minimum absolute atomic E-state index is 0.0179. The molecule has 2 aliphatic rings. The van der Waals surface area contributed by atoms with Gasteiger partial charge in [0, 0.05) is 49.6 Å². The molecule has 0 atom stereocenters. The fraction of sp³-hybridized carbons (Fsp3) is 0.471. The number of nitrogens with zero attached hydrogens (tertiary/aromatic N) is 5. The first-order chi connectivity index (χ1) is 20.6. The molecule has 0 unspecified atom stereocenters. The average Bonchev–Trinajstić information content (AvgIpc) is 3.06. The topological polar surface area (TPSA) is 95.7 Å². The van der Waals surface area contributed by atoms with Gasteiger partial charge in [-0.2, -0.15) is 0 Å². The van der Waals surface area contributed by atoms with Gasteiger partial charge in [0.1, 0.15) is 5.82 Å². The Morgan fingerprint density at radius 3 is 2.12 bits per heavy atom. The predicted molar refractivity (Wildman–Crippen MR) is 170 cm³/mol. The van der Waals surface area contributed by atoms with E-state index in [2.05, 4.69) is 14.9 Å². The summed E-state index contributed by atoms with van der Waals surface area (Å²) in [6, 6.07) is 19.2. The van der Waals surface area contributed by atoms with E-state index in [0.29, 0.717) is 31.0 Å². The number of piperidine rings is 2. The van der Waals surface area contributed by atoms with Crippen molar-refractivity contribution in [1.29, 1.82) is 0 Å². The zero-order chi connectivity index (χ0) is 30.3. The van der Waals surface area contributed by atoms with E-state index in [9.17, 15) is 9.59 Å². The number of hydrogen-bond donors (Lipinski definition) is 1. The second-order valence-corrected chi connectivity index (χ2v) is 10.3. The molecule has 0 radical (unpaired) electrons. The number of hydrogen-bond acceptors (Lipinski definition) is 6. The zero-order valence-electron chi connectivity index (χ0n) is 25.8. The summed E-state index contributed by atoms with van der Waals surface area (Å²) in [5.74, 6) is 0.896. The first kappa shape index (κ1) is 32.7. The van der Waals surface area contributed by atoms with Crippen LogP contribution in [0.25, 0.3) is 0 Å². The molecule has 2 saturated heterocycles. The number of likely N-dealkylation sites (tertiary alicyclic amines) is 2. The molecule has 0 spiro atoms. The number of carbonyl (C=O) groups is 2. The maximum atomic E-state index is 13.5. The standard InChI is InChI=1S/C30H36N6O2.2C2H6/c31-28-20-23(9-15-33-28)21-34-16-10-25(11-17-34)29(37)35-18-12-27(13-19-35)36(22-26-8-4-5-14-32-26)30(38)24-6-2-1-3-7-24;2*1-2/h1-9,14-15,20,25,27H,10-13,16-19,21-22H2,(H2,31,33);2*1-2H3. The molecule has 226 valence electrons. The minimum atomic E-state index is 0.0179. The Morgan fingerprint density at radius 2 is 1.50 bits per heavy atom. The fourth-order valence-corrected chi connectivity index (χ4v) is 5.62. The first-order valence-corrected chi connectivity index (χ1v) is 15.5. The van der Waals surface area contributed by atoms with Gasteiger partial charge in [0.05, 0.1) is 12.2 Å². The lowest BCUT2D eigenvalue weighted by Gasteiger charge is -2.40. The van der Waals surface area contributed by atoms with Crippen LogP contribution in [0.15, 0.2) is 73.1 Å². The normalized spacial score (nSPS) is 16.0. The van der Waals surface area contributed by atoms with Crippen LogP contribution in [-0.2, 0) is 17.9 Å². The molecule has 0 bridgehead atoms. The van der Waals surface area contributed by atoms with Crippen LogP contribution in [0.4, 0.5) is 5.82 Å². The largest absolute Gasteiger partial charge is 0.384 e. The van der Waals surface area contributed by atoms with Crippen LogP contribution in [0.3, 0.4) is 0 Å². The minimum Gasteiger partial charge on any atom is -0.384 e. The van der Waals surface area contributed by atoms with Crippen molar-refractivity contribution in [2.75, 3.05) is 31.9 Å². The van der Waals surface area contributed by atoms with Crippen LogP contribution in [0.5, 0.6) is 0 Å². The van der Waals surface area contributed by atoms with Gasteiger partial charge in [-0.15, -0.1) is 0 Å². The van der Waals surface area contributed by atoms with Crippen molar-refractivity contribution in [3.8, 4) is 0 Å². The predicted octanol–water partition coefficient (Wildman–Crippen LogP) is 5.66. The molecule has 2 amide bonds. The second-order valence-electron chi connectivity index (χ2n) is 10.3. The van der Waals surface area contributed by atoms with Gasteiger partial charge < -0.3 is 15.5 Å². The number of rotatable bonds is 7. The van der Waals surface area contributed by atoms with E-state index >= 15 is 0 Å². The Kier molecular flexibility index (Phi) is 13.4. The summed E-state index contributed by atoms with van der Waals surface area (Å²) < 4.78 is 0. The molecule has 1 aromatic carbocycles. The summed E-state index contributed by atoms with van der Waals surface area (Å²) in [6.45, 7) is 12.5. The smallest absolute Gasteiger partial charge is 0.254 e. The SMILES string of the molecule is CC.CC.Nc1cc(CN2CCC(C(=O)N3CCC(N(Cc4ccccn4)C(=O)c4ccccc4)CC3)CC2)ccn1. The molecular weight excluding hydrogens is 524 g/mol. The number of nitrogens with two attached hydrogens (primary N) is 1. The Hall–Kier alpha value is -3.78. The number of aromatic nitrogens is 2. The number of nitrogen functional groups attached to an aromatic ring is 1. The molecule has 2 aromatic heterocycles. The van der Waals surface area contributed by atoms with E-state index in [-0.39, 0.29) is 23.8 Å². The molecule has 4 heterocycles. The Balaban J connectivity index is 0.00000116. The van der Waals surface area contributed by atoms with E-state index in [0.717, 1.165) is 56.6 Å². The third-order valence-electron chi connectivity index (χ3n) is 7.75. The molecular formula is C34H48N6O2. The molecule has 2 fully saturated rings. The molecule has 0 aliphatic carbocycles. The number of pyridine rings is 2. The number of anilines is 1. The number of carbonyl (C=O) groups excluding carboxylic acids is 2. The van der Waals surface area contributed by atoms with Crippen LogP contribution < -0.4 is 5.73 Å². The molecule has 5 rings (SSSR count). The maximum Gasteiger partial charge on any atom is 0.254 e. The van der Waals surface area contributed by atoms with Crippen LogP contribution in [0.2, 0.25) is 0 Å². The van der Waals surface area contributed by atoms with Gasteiger partial charge in [0.2, 0.25) is 5.91 Å². The highest BCUT2D eigenvalue weighted by molar-refractivity contribution is 5.94. The summed E-state index contributed by atoms with van der Waals surface area (Å²) in [4.78, 5) is 41.7. The monoisotopic (exact) mass is 572 g/mol. The summed E-state index contributed by atoms with van der Waals surface area (Å²) in [6.07, 6.45) is 6.81. The molecule has 8 heteroatoms. The van der Waals surface area contributed by atoms with Gasteiger partial charge in [-0.25, -0.2) is 4.98 Å². The molecule has 8 nitrogen and oxygen atoms in total. The van der Waals surface area contributed by atoms with E-state index in [1.807, 2.05) is 98.2 Å². The van der Waals surface area contributed by atoms with Gasteiger partial charge in [-0.3, -0.25) is 19.5 Å². The van der Waals surface area contributed by atoms with Crippen molar-refractivity contribution in [3.63, 3.8) is 0 Å². The average molecular weight is 573 g/mol. The highest BCUT2D eigenvalue weighted by Gasteiger charge is 2.34. The lowest BCUT2D eigenvalue weighted by atomic mass is 9.93. The van der Waals surface area contributed by atoms with Crippen LogP contribution >= 0.6 is 0 Å². The van der Waals surface area contributed by atoms with Crippen molar-refractivity contribution in [2.45, 2.75) is 72.5 Å². The van der Waals surface area contributed by atoms with Gasteiger partial charge in [0.25, 0.3) is 5.91 Å². The lowest BCUT2D eigenvalue weighted by molar-refractivity contribution is -0.138. The van der Waals surface area contributed by atoms with Gasteiger partial charge in [-0.1, -0.05) is 52.0 Å². The van der Waals surface area contributed by atoms with Gasteiger partial charge in [-0.05, 0) is 80.7 Å². The summed E-state index contributed by atoms with van der Waals surface area (Å²) >= 11 is 0. The van der Waals surface area contributed by atoms with Gasteiger partial charge in [0.15, 0.2) is 0 Å². The Morgan fingerprint density at radius 1 is 0.833 bits per heavy atom. The first-order valence-electron chi connectivity index (χ1n) is 15.5. The molecule has 2 N–H and O–H groups in total. The number of benzene rings is 1. The summed E-state index contributed by atoms with van der Waals surface area (Å²) in [5.41, 5.74) is 8.53. The third-order valence-corrected chi connectivity index (χ3v) is 7.75. The van der Waals surface area contributed by atoms with Crippen LogP contribution in [-0.4, -0.2) is 68.7 Å². The van der Waals surface area contributed by atoms with E-state index in [1.54, 1.807) is 12.4 Å². The third kappa shape index (κ3) is 9.11.